The van der Waals surface area contributed by atoms with Crippen LogP contribution in [0.2, 0.25) is 0 Å². The highest BCUT2D eigenvalue weighted by atomic mass is 19.1. The maximum atomic E-state index is 13.1. The van der Waals surface area contributed by atoms with Crippen LogP contribution in [0.15, 0.2) is 48.5 Å². The fourth-order valence-electron chi connectivity index (χ4n) is 2.83. The van der Waals surface area contributed by atoms with Crippen molar-refractivity contribution in [3.63, 3.8) is 0 Å². The van der Waals surface area contributed by atoms with Crippen molar-refractivity contribution in [3.8, 4) is 5.75 Å². The Morgan fingerprint density at radius 2 is 1.74 bits per heavy atom. The van der Waals surface area contributed by atoms with E-state index in [-0.39, 0.29) is 0 Å². The highest BCUT2D eigenvalue weighted by Crippen LogP contribution is 2.26. The third kappa shape index (κ3) is 3.74. The van der Waals surface area contributed by atoms with E-state index in [1.165, 1.54) is 36.3 Å². The molecule has 27 heavy (non-hydrogen) atoms. The van der Waals surface area contributed by atoms with Gasteiger partial charge in [0.15, 0.2) is 0 Å². The van der Waals surface area contributed by atoms with Gasteiger partial charge in [0, 0.05) is 11.4 Å². The van der Waals surface area contributed by atoms with Crippen molar-refractivity contribution < 1.29 is 23.5 Å². The minimum atomic E-state index is -0.781. The van der Waals surface area contributed by atoms with Crippen LogP contribution in [0, 0.1) is 5.82 Å². The van der Waals surface area contributed by atoms with E-state index in [4.69, 9.17) is 4.74 Å². The van der Waals surface area contributed by atoms with Crippen LogP contribution in [0.4, 0.5) is 20.6 Å². The molecular formula is C19H18FN3O4. The third-order valence-corrected chi connectivity index (χ3v) is 4.23. The maximum Gasteiger partial charge on any atom is 0.332 e. The Balaban J connectivity index is 1.70. The number of rotatable bonds is 5. The number of carbonyl (C=O) groups excluding carboxylic acids is 3. The first-order valence-corrected chi connectivity index (χ1v) is 8.24. The van der Waals surface area contributed by atoms with Gasteiger partial charge in [-0.05, 0) is 55.5 Å². The summed E-state index contributed by atoms with van der Waals surface area (Å²) in [4.78, 5) is 39.4. The van der Waals surface area contributed by atoms with Crippen LogP contribution in [0.1, 0.15) is 6.92 Å². The molecule has 0 radical (unpaired) electrons. The van der Waals surface area contributed by atoms with Crippen LogP contribution in [-0.4, -0.2) is 42.4 Å². The molecule has 1 unspecified atom stereocenters. The molecule has 7 nitrogen and oxygen atoms in total. The lowest BCUT2D eigenvalue weighted by atomic mass is 10.2. The number of hydrogen-bond donors (Lipinski definition) is 1. The largest absolute Gasteiger partial charge is 0.497 e. The molecule has 140 valence electrons. The van der Waals surface area contributed by atoms with Gasteiger partial charge in [0.25, 0.3) is 5.91 Å². The zero-order chi connectivity index (χ0) is 19.6. The van der Waals surface area contributed by atoms with Crippen molar-refractivity contribution in [2.75, 3.05) is 23.9 Å². The quantitative estimate of drug-likeness (QED) is 0.820. The molecule has 1 atom stereocenters. The molecule has 8 heteroatoms. The lowest BCUT2D eigenvalue weighted by Gasteiger charge is -2.19. The molecule has 0 aromatic heterocycles. The van der Waals surface area contributed by atoms with E-state index in [1.807, 2.05) is 0 Å². The molecule has 1 aliphatic heterocycles. The molecule has 2 aromatic rings. The van der Waals surface area contributed by atoms with Crippen molar-refractivity contribution in [3.05, 3.63) is 54.3 Å². The van der Waals surface area contributed by atoms with Crippen LogP contribution >= 0.6 is 0 Å². The minimum absolute atomic E-state index is 0.389. The van der Waals surface area contributed by atoms with Gasteiger partial charge in [0.2, 0.25) is 5.91 Å². The van der Waals surface area contributed by atoms with E-state index < -0.39 is 36.2 Å². The number of anilines is 2. The van der Waals surface area contributed by atoms with Gasteiger partial charge < -0.3 is 10.1 Å². The van der Waals surface area contributed by atoms with Gasteiger partial charge >= 0.3 is 6.03 Å². The summed E-state index contributed by atoms with van der Waals surface area (Å²) < 4.78 is 18.2. The fraction of sp³-hybridized carbons (Fsp3) is 0.211. The van der Waals surface area contributed by atoms with E-state index in [1.54, 1.807) is 31.2 Å². The van der Waals surface area contributed by atoms with Gasteiger partial charge in [0.1, 0.15) is 24.2 Å². The molecule has 1 fully saturated rings. The number of nitrogens with one attached hydrogen (secondary N) is 1. The summed E-state index contributed by atoms with van der Waals surface area (Å²) in [6.45, 7) is 1.15. The molecule has 4 amide bonds. The van der Waals surface area contributed by atoms with Gasteiger partial charge in [-0.15, -0.1) is 0 Å². The molecule has 0 spiro atoms. The van der Waals surface area contributed by atoms with Gasteiger partial charge in [-0.3, -0.25) is 19.4 Å². The summed E-state index contributed by atoms with van der Waals surface area (Å²) in [5.74, 6) is -0.800. The van der Waals surface area contributed by atoms with E-state index in [9.17, 15) is 18.8 Å². The maximum absolute atomic E-state index is 13.1. The topological polar surface area (TPSA) is 79.0 Å². The van der Waals surface area contributed by atoms with Crippen molar-refractivity contribution in [2.45, 2.75) is 13.0 Å². The summed E-state index contributed by atoms with van der Waals surface area (Å²) in [7, 11) is 1.53. The average Bonchev–Trinajstić information content (AvgIpc) is 2.87. The fourth-order valence-corrected chi connectivity index (χ4v) is 2.83. The number of urea groups is 1. The number of methoxy groups -OCH3 is 1. The normalized spacial score (nSPS) is 16.6. The van der Waals surface area contributed by atoms with Crippen LogP contribution in [0.3, 0.4) is 0 Å². The molecule has 1 saturated heterocycles. The predicted octanol–water partition coefficient (Wildman–Crippen LogP) is 2.63. The Kier molecular flexibility index (Phi) is 5.07. The van der Waals surface area contributed by atoms with E-state index >= 15 is 0 Å². The monoisotopic (exact) mass is 371 g/mol. The molecule has 2 aromatic carbocycles. The smallest absolute Gasteiger partial charge is 0.332 e. The molecule has 1 aliphatic rings. The van der Waals surface area contributed by atoms with Crippen LogP contribution in [0.5, 0.6) is 5.75 Å². The second kappa shape index (κ2) is 7.45. The van der Waals surface area contributed by atoms with Crippen molar-refractivity contribution in [1.82, 2.24) is 4.90 Å². The molecule has 0 aliphatic carbocycles. The predicted molar refractivity (Wildman–Crippen MR) is 97.1 cm³/mol. The van der Waals surface area contributed by atoms with E-state index in [0.717, 1.165) is 4.90 Å². The van der Waals surface area contributed by atoms with Gasteiger partial charge in [-0.25, -0.2) is 9.18 Å². The van der Waals surface area contributed by atoms with Gasteiger partial charge in [0.05, 0.1) is 7.11 Å². The average molecular weight is 371 g/mol. The van der Waals surface area contributed by atoms with Crippen molar-refractivity contribution in [2.24, 2.45) is 0 Å². The summed E-state index contributed by atoms with van der Waals surface area (Å²) in [6.07, 6.45) is 0. The van der Waals surface area contributed by atoms with Crippen molar-refractivity contribution >= 4 is 29.2 Å². The SMILES string of the molecule is COc1ccc(NC(=O)CN2C(=O)C(C)N(c3ccc(F)cc3)C2=O)cc1. The minimum Gasteiger partial charge on any atom is -0.497 e. The van der Waals surface area contributed by atoms with Gasteiger partial charge in [-0.1, -0.05) is 0 Å². The lowest BCUT2D eigenvalue weighted by molar-refractivity contribution is -0.130. The van der Waals surface area contributed by atoms with Gasteiger partial charge in [-0.2, -0.15) is 0 Å². The highest BCUT2D eigenvalue weighted by molar-refractivity contribution is 6.16. The Morgan fingerprint density at radius 3 is 2.33 bits per heavy atom. The molecule has 1 N–H and O–H groups in total. The van der Waals surface area contributed by atoms with E-state index in [2.05, 4.69) is 5.32 Å². The van der Waals surface area contributed by atoms with Crippen LogP contribution in [0.25, 0.3) is 0 Å². The first-order chi connectivity index (χ1) is 12.9. The summed E-state index contributed by atoms with van der Waals surface area (Å²) >= 11 is 0. The number of imide groups is 1. The Hall–Kier alpha value is -3.42. The Bertz CT molecular complexity index is 868. The second-order valence-corrected chi connectivity index (χ2v) is 6.01. The van der Waals surface area contributed by atoms with Crippen molar-refractivity contribution in [1.29, 1.82) is 0 Å². The second-order valence-electron chi connectivity index (χ2n) is 6.01. The standard InChI is InChI=1S/C19H18FN3O4/c1-12-18(25)22(19(26)23(12)15-7-3-13(20)4-8-15)11-17(24)21-14-5-9-16(27-2)10-6-14/h3-10,12H,11H2,1-2H3,(H,21,24). The van der Waals surface area contributed by atoms with E-state index in [0.29, 0.717) is 17.1 Å². The molecule has 0 bridgehead atoms. The number of nitrogens with zero attached hydrogens (tertiary/aromatic N) is 2. The number of halogens is 1. The Morgan fingerprint density at radius 1 is 1.11 bits per heavy atom. The number of ether oxygens (including phenoxy) is 1. The lowest BCUT2D eigenvalue weighted by Crippen LogP contribution is -2.39. The number of carbonyl (C=O) groups is 3. The molecule has 0 saturated carbocycles. The first-order valence-electron chi connectivity index (χ1n) is 8.24. The number of benzene rings is 2. The van der Waals surface area contributed by atoms with Crippen LogP contribution in [-0.2, 0) is 9.59 Å². The van der Waals surface area contributed by atoms with Crippen LogP contribution < -0.4 is 15.0 Å². The zero-order valence-electron chi connectivity index (χ0n) is 14.8. The number of hydrogen-bond acceptors (Lipinski definition) is 4. The summed E-state index contributed by atoms with van der Waals surface area (Å²) in [6, 6.07) is 10.5. The summed E-state index contributed by atoms with van der Waals surface area (Å²) in [5.41, 5.74) is 0.906. The summed E-state index contributed by atoms with van der Waals surface area (Å²) in [5, 5.41) is 2.63. The molecule has 1 heterocycles. The zero-order valence-corrected chi connectivity index (χ0v) is 14.8. The number of amides is 4. The Labute approximate surface area is 155 Å². The highest BCUT2D eigenvalue weighted by Gasteiger charge is 2.44. The molecule has 3 rings (SSSR count). The first kappa shape index (κ1) is 18.4. The molecular weight excluding hydrogens is 353 g/mol. The third-order valence-electron chi connectivity index (χ3n) is 4.23.